The van der Waals surface area contributed by atoms with Crippen molar-refractivity contribution in [2.45, 2.75) is 13.5 Å². The first-order chi connectivity index (χ1) is 9.97. The van der Waals surface area contributed by atoms with E-state index in [2.05, 4.69) is 0 Å². The summed E-state index contributed by atoms with van der Waals surface area (Å²) in [6.07, 6.45) is 5.75. The number of hydrogen-bond acceptors (Lipinski definition) is 4. The van der Waals surface area contributed by atoms with Crippen molar-refractivity contribution >= 4 is 29.3 Å². The molecule has 0 fully saturated rings. The smallest absolute Gasteiger partial charge is 0.328 e. The fourth-order valence-electron chi connectivity index (χ4n) is 1.83. The molecule has 2 rings (SSSR count). The van der Waals surface area contributed by atoms with Gasteiger partial charge < -0.3 is 14.4 Å². The number of amides is 1. The number of carboxylic acid groups (broad SMARTS) is 1. The topological polar surface area (TPSA) is 70.8 Å². The first-order valence-electron chi connectivity index (χ1n) is 6.25. The van der Waals surface area contributed by atoms with Gasteiger partial charge in [0.25, 0.3) is 5.91 Å². The number of carboxylic acids is 1. The Hall–Kier alpha value is -2.34. The molecule has 0 aliphatic heterocycles. The fraction of sp³-hybridized carbons (Fsp3) is 0.200. The zero-order chi connectivity index (χ0) is 15.4. The van der Waals surface area contributed by atoms with E-state index in [1.54, 1.807) is 30.5 Å². The standard InChI is InChI=1S/C15H15NO4S/c1-10-7-13(21-12(10)3-4-14(17)18)15(19)16(2)8-11-5-6-20-9-11/h3-7,9H,8H2,1-2H3,(H,17,18)/b4-3+. The Kier molecular flexibility index (Phi) is 4.59. The summed E-state index contributed by atoms with van der Waals surface area (Å²) >= 11 is 1.29. The van der Waals surface area contributed by atoms with Crippen molar-refractivity contribution in [3.05, 3.63) is 51.6 Å². The number of aryl methyl sites for hydroxylation is 1. The van der Waals surface area contributed by atoms with E-state index in [1.165, 1.54) is 17.4 Å². The average molecular weight is 305 g/mol. The maximum Gasteiger partial charge on any atom is 0.328 e. The van der Waals surface area contributed by atoms with Crippen LogP contribution in [0.15, 0.2) is 35.2 Å². The third-order valence-electron chi connectivity index (χ3n) is 2.89. The summed E-state index contributed by atoms with van der Waals surface area (Å²) in [5, 5.41) is 8.65. The Morgan fingerprint density at radius 1 is 1.48 bits per heavy atom. The third kappa shape index (κ3) is 3.82. The molecule has 0 saturated heterocycles. The van der Waals surface area contributed by atoms with Crippen molar-refractivity contribution in [3.63, 3.8) is 0 Å². The van der Waals surface area contributed by atoms with Gasteiger partial charge in [0.15, 0.2) is 0 Å². The van der Waals surface area contributed by atoms with E-state index < -0.39 is 5.97 Å². The predicted octanol–water partition coefficient (Wildman–Crippen LogP) is 3.02. The summed E-state index contributed by atoms with van der Waals surface area (Å²) in [5.74, 6) is -1.10. The lowest BCUT2D eigenvalue weighted by Crippen LogP contribution is -2.25. The molecule has 0 saturated carbocycles. The van der Waals surface area contributed by atoms with Gasteiger partial charge in [0.1, 0.15) is 0 Å². The van der Waals surface area contributed by atoms with Gasteiger partial charge in [-0.2, -0.15) is 0 Å². The summed E-state index contributed by atoms with van der Waals surface area (Å²) in [4.78, 5) is 25.8. The van der Waals surface area contributed by atoms with Crippen molar-refractivity contribution in [3.8, 4) is 0 Å². The largest absolute Gasteiger partial charge is 0.478 e. The number of carbonyl (C=O) groups excluding carboxylic acids is 1. The molecule has 0 atom stereocenters. The number of rotatable bonds is 5. The van der Waals surface area contributed by atoms with E-state index in [0.717, 1.165) is 22.1 Å². The number of furan rings is 1. The lowest BCUT2D eigenvalue weighted by Gasteiger charge is -2.14. The van der Waals surface area contributed by atoms with Gasteiger partial charge in [-0.15, -0.1) is 11.3 Å². The third-order valence-corrected chi connectivity index (χ3v) is 4.08. The number of aliphatic carboxylic acids is 1. The molecular weight excluding hydrogens is 290 g/mol. The van der Waals surface area contributed by atoms with Crippen molar-refractivity contribution in [2.75, 3.05) is 7.05 Å². The second kappa shape index (κ2) is 6.41. The predicted molar refractivity (Wildman–Crippen MR) is 80.2 cm³/mol. The summed E-state index contributed by atoms with van der Waals surface area (Å²) in [6, 6.07) is 3.59. The Morgan fingerprint density at radius 2 is 2.24 bits per heavy atom. The molecule has 1 amide bonds. The van der Waals surface area contributed by atoms with E-state index in [-0.39, 0.29) is 5.91 Å². The monoisotopic (exact) mass is 305 g/mol. The average Bonchev–Trinajstić information content (AvgIpc) is 3.05. The molecule has 0 aliphatic carbocycles. The van der Waals surface area contributed by atoms with Gasteiger partial charge in [-0.25, -0.2) is 4.79 Å². The SMILES string of the molecule is Cc1cc(C(=O)N(C)Cc2ccoc2)sc1/C=C/C(=O)O. The summed E-state index contributed by atoms with van der Waals surface area (Å²) in [7, 11) is 1.72. The van der Waals surface area contributed by atoms with Gasteiger partial charge in [-0.1, -0.05) is 0 Å². The fourth-order valence-corrected chi connectivity index (χ4v) is 2.90. The maximum absolute atomic E-state index is 12.3. The van der Waals surface area contributed by atoms with Crippen LogP contribution in [0.1, 0.15) is 25.7 Å². The Morgan fingerprint density at radius 3 is 2.86 bits per heavy atom. The maximum atomic E-state index is 12.3. The first kappa shape index (κ1) is 15.1. The Balaban J connectivity index is 2.12. The highest BCUT2D eigenvalue weighted by molar-refractivity contribution is 7.15. The molecule has 110 valence electrons. The minimum Gasteiger partial charge on any atom is -0.478 e. The molecule has 5 nitrogen and oxygen atoms in total. The van der Waals surface area contributed by atoms with Gasteiger partial charge in [0.05, 0.1) is 17.4 Å². The lowest BCUT2D eigenvalue weighted by atomic mass is 10.2. The van der Waals surface area contributed by atoms with E-state index in [1.807, 2.05) is 13.0 Å². The van der Waals surface area contributed by atoms with E-state index >= 15 is 0 Å². The van der Waals surface area contributed by atoms with Gasteiger partial charge in [-0.05, 0) is 30.7 Å². The number of carbonyl (C=O) groups is 2. The molecule has 0 unspecified atom stereocenters. The van der Waals surface area contributed by atoms with Gasteiger partial charge in [-0.3, -0.25) is 4.79 Å². The van der Waals surface area contributed by atoms with Crippen molar-refractivity contribution in [1.82, 2.24) is 4.90 Å². The highest BCUT2D eigenvalue weighted by Crippen LogP contribution is 2.24. The van der Waals surface area contributed by atoms with Gasteiger partial charge in [0, 0.05) is 30.1 Å². The van der Waals surface area contributed by atoms with Crippen LogP contribution in [0.4, 0.5) is 0 Å². The zero-order valence-corrected chi connectivity index (χ0v) is 12.5. The first-order valence-corrected chi connectivity index (χ1v) is 7.07. The van der Waals surface area contributed by atoms with Crippen LogP contribution in [0.5, 0.6) is 0 Å². The zero-order valence-electron chi connectivity index (χ0n) is 11.7. The van der Waals surface area contributed by atoms with Crippen LogP contribution < -0.4 is 0 Å². The summed E-state index contributed by atoms with van der Waals surface area (Å²) in [6.45, 7) is 2.32. The van der Waals surface area contributed by atoms with Crippen molar-refractivity contribution in [2.24, 2.45) is 0 Å². The van der Waals surface area contributed by atoms with Crippen LogP contribution in [-0.4, -0.2) is 28.9 Å². The highest BCUT2D eigenvalue weighted by atomic mass is 32.1. The Bertz CT molecular complexity index is 670. The quantitative estimate of drug-likeness (QED) is 0.862. The van der Waals surface area contributed by atoms with E-state index in [0.29, 0.717) is 11.4 Å². The molecule has 2 heterocycles. The molecule has 21 heavy (non-hydrogen) atoms. The molecule has 0 spiro atoms. The lowest BCUT2D eigenvalue weighted by molar-refractivity contribution is -0.131. The molecular formula is C15H15NO4S. The van der Waals surface area contributed by atoms with Crippen LogP contribution >= 0.6 is 11.3 Å². The number of nitrogens with zero attached hydrogens (tertiary/aromatic N) is 1. The van der Waals surface area contributed by atoms with E-state index in [4.69, 9.17) is 9.52 Å². The molecule has 1 N–H and O–H groups in total. The number of hydrogen-bond donors (Lipinski definition) is 1. The van der Waals surface area contributed by atoms with Gasteiger partial charge >= 0.3 is 5.97 Å². The molecule has 2 aromatic rings. The molecule has 0 bridgehead atoms. The van der Waals surface area contributed by atoms with E-state index in [9.17, 15) is 9.59 Å². The molecule has 0 aliphatic rings. The summed E-state index contributed by atoms with van der Waals surface area (Å²) < 4.78 is 4.98. The van der Waals surface area contributed by atoms with Crippen molar-refractivity contribution < 1.29 is 19.1 Å². The second-order valence-electron chi connectivity index (χ2n) is 4.62. The van der Waals surface area contributed by atoms with Crippen LogP contribution in [0.2, 0.25) is 0 Å². The minimum atomic E-state index is -1.01. The van der Waals surface area contributed by atoms with Crippen LogP contribution in [0.3, 0.4) is 0 Å². The highest BCUT2D eigenvalue weighted by Gasteiger charge is 2.16. The van der Waals surface area contributed by atoms with Crippen LogP contribution in [0.25, 0.3) is 6.08 Å². The molecule has 0 aromatic carbocycles. The molecule has 2 aromatic heterocycles. The molecule has 0 radical (unpaired) electrons. The van der Waals surface area contributed by atoms with Crippen LogP contribution in [0, 0.1) is 6.92 Å². The minimum absolute atomic E-state index is 0.0979. The normalized spacial score (nSPS) is 11.0. The molecule has 6 heteroatoms. The number of thiophene rings is 1. The summed E-state index contributed by atoms with van der Waals surface area (Å²) in [5.41, 5.74) is 1.81. The van der Waals surface area contributed by atoms with Crippen molar-refractivity contribution in [1.29, 1.82) is 0 Å². The second-order valence-corrected chi connectivity index (χ2v) is 5.71. The Labute approximate surface area is 126 Å². The van der Waals surface area contributed by atoms with Crippen LogP contribution in [-0.2, 0) is 11.3 Å². The van der Waals surface area contributed by atoms with Gasteiger partial charge in [0.2, 0.25) is 0 Å².